The molecule has 1 aromatic rings. The third-order valence-corrected chi connectivity index (χ3v) is 4.27. The highest BCUT2D eigenvalue weighted by Gasteiger charge is 2.19. The van der Waals surface area contributed by atoms with Gasteiger partial charge >= 0.3 is 0 Å². The summed E-state index contributed by atoms with van der Waals surface area (Å²) < 4.78 is 27.8. The second-order valence-corrected chi connectivity index (χ2v) is 5.98. The van der Waals surface area contributed by atoms with Crippen molar-refractivity contribution in [1.82, 2.24) is 9.03 Å². The molecular weight excluding hydrogens is 236 g/mol. The molecule has 0 aliphatic carbocycles. The molecule has 0 heterocycles. The van der Waals surface area contributed by atoms with Gasteiger partial charge < -0.3 is 0 Å². The highest BCUT2D eigenvalue weighted by molar-refractivity contribution is 7.87. The van der Waals surface area contributed by atoms with E-state index in [1.54, 1.807) is 7.05 Å². The Labute approximate surface area is 104 Å². The van der Waals surface area contributed by atoms with Gasteiger partial charge in [0.1, 0.15) is 0 Å². The summed E-state index contributed by atoms with van der Waals surface area (Å²) in [5.74, 6) is 0. The summed E-state index contributed by atoms with van der Waals surface area (Å²) in [7, 11) is -1.81. The van der Waals surface area contributed by atoms with Gasteiger partial charge in [-0.25, -0.2) is 0 Å². The molecule has 0 aliphatic rings. The molecule has 0 bridgehead atoms. The number of nitrogens with zero attached hydrogens (tertiary/aromatic N) is 1. The smallest absolute Gasteiger partial charge is 0.199 e. The minimum atomic E-state index is -3.39. The zero-order valence-electron chi connectivity index (χ0n) is 10.6. The summed E-state index contributed by atoms with van der Waals surface area (Å²) >= 11 is 0. The Balaban J connectivity index is 2.67. The number of hydrogen-bond acceptors (Lipinski definition) is 2. The van der Waals surface area contributed by atoms with Crippen LogP contribution in [0.4, 0.5) is 0 Å². The standard InChI is InChI=1S/C12H20N2O2S/c1-4-11(2)13-17(15,16)14(3)10-12-8-6-5-7-9-12/h5-9,11,13H,4,10H2,1-3H3. The number of benzene rings is 1. The number of nitrogens with one attached hydrogen (secondary N) is 1. The highest BCUT2D eigenvalue weighted by atomic mass is 32.2. The lowest BCUT2D eigenvalue weighted by Crippen LogP contribution is -2.41. The van der Waals surface area contributed by atoms with Crippen molar-refractivity contribution in [2.75, 3.05) is 7.05 Å². The largest absolute Gasteiger partial charge is 0.279 e. The van der Waals surface area contributed by atoms with Crippen LogP contribution >= 0.6 is 0 Å². The van der Waals surface area contributed by atoms with Crippen molar-refractivity contribution >= 4 is 10.2 Å². The number of hydrogen-bond donors (Lipinski definition) is 1. The molecule has 1 atom stereocenters. The molecule has 0 saturated carbocycles. The lowest BCUT2D eigenvalue weighted by Gasteiger charge is -2.20. The van der Waals surface area contributed by atoms with Gasteiger partial charge in [0, 0.05) is 19.6 Å². The summed E-state index contributed by atoms with van der Waals surface area (Å²) in [6, 6.07) is 9.49. The van der Waals surface area contributed by atoms with E-state index in [0.717, 1.165) is 12.0 Å². The quantitative estimate of drug-likeness (QED) is 0.843. The molecule has 96 valence electrons. The SMILES string of the molecule is CCC(C)NS(=O)(=O)N(C)Cc1ccccc1. The van der Waals surface area contributed by atoms with Gasteiger partial charge in [0.2, 0.25) is 0 Å². The Morgan fingerprint density at radius 3 is 2.41 bits per heavy atom. The van der Waals surface area contributed by atoms with E-state index in [1.807, 2.05) is 44.2 Å². The van der Waals surface area contributed by atoms with Gasteiger partial charge in [0.05, 0.1) is 0 Å². The molecule has 1 N–H and O–H groups in total. The molecule has 1 aromatic carbocycles. The van der Waals surface area contributed by atoms with Crippen LogP contribution in [0.3, 0.4) is 0 Å². The molecule has 4 nitrogen and oxygen atoms in total. The van der Waals surface area contributed by atoms with Gasteiger partial charge in [0.15, 0.2) is 0 Å². The first-order valence-electron chi connectivity index (χ1n) is 5.73. The maximum absolute atomic E-state index is 11.9. The van der Waals surface area contributed by atoms with Crippen molar-refractivity contribution in [3.05, 3.63) is 35.9 Å². The van der Waals surface area contributed by atoms with Gasteiger partial charge in [-0.3, -0.25) is 0 Å². The average molecular weight is 256 g/mol. The summed E-state index contributed by atoms with van der Waals surface area (Å²) in [6.07, 6.45) is 0.776. The molecular formula is C12H20N2O2S. The second-order valence-electron chi connectivity index (χ2n) is 4.17. The van der Waals surface area contributed by atoms with E-state index in [1.165, 1.54) is 4.31 Å². The predicted molar refractivity (Wildman–Crippen MR) is 69.7 cm³/mol. The molecule has 0 aliphatic heterocycles. The molecule has 0 fully saturated rings. The van der Waals surface area contributed by atoms with Crippen LogP contribution in [0.5, 0.6) is 0 Å². The first kappa shape index (κ1) is 14.2. The van der Waals surface area contributed by atoms with E-state index in [-0.39, 0.29) is 6.04 Å². The maximum atomic E-state index is 11.9. The maximum Gasteiger partial charge on any atom is 0.279 e. The fourth-order valence-electron chi connectivity index (χ4n) is 1.35. The Morgan fingerprint density at radius 1 is 1.29 bits per heavy atom. The fourth-order valence-corrected chi connectivity index (χ4v) is 2.53. The van der Waals surface area contributed by atoms with E-state index in [0.29, 0.717) is 6.54 Å². The van der Waals surface area contributed by atoms with Crippen LogP contribution in [0.15, 0.2) is 30.3 Å². The first-order valence-corrected chi connectivity index (χ1v) is 7.17. The Bertz CT molecular complexity index is 431. The molecule has 0 aromatic heterocycles. The Hall–Kier alpha value is -0.910. The lowest BCUT2D eigenvalue weighted by atomic mass is 10.2. The van der Waals surface area contributed by atoms with Crippen molar-refractivity contribution in [2.45, 2.75) is 32.9 Å². The molecule has 5 heteroatoms. The van der Waals surface area contributed by atoms with Crippen LogP contribution < -0.4 is 4.72 Å². The summed E-state index contributed by atoms with van der Waals surface area (Å²) in [5, 5.41) is 0. The van der Waals surface area contributed by atoms with Gasteiger partial charge in [-0.2, -0.15) is 17.4 Å². The summed E-state index contributed by atoms with van der Waals surface area (Å²) in [4.78, 5) is 0. The Kier molecular flexibility index (Phi) is 5.11. The molecule has 1 rings (SSSR count). The first-order chi connectivity index (χ1) is 7.95. The summed E-state index contributed by atoms with van der Waals surface area (Å²) in [6.45, 7) is 4.19. The van der Waals surface area contributed by atoms with Crippen molar-refractivity contribution in [1.29, 1.82) is 0 Å². The van der Waals surface area contributed by atoms with E-state index in [2.05, 4.69) is 4.72 Å². The topological polar surface area (TPSA) is 49.4 Å². The van der Waals surface area contributed by atoms with Gasteiger partial charge in [-0.1, -0.05) is 37.3 Å². The van der Waals surface area contributed by atoms with E-state index < -0.39 is 10.2 Å². The van der Waals surface area contributed by atoms with E-state index in [9.17, 15) is 8.42 Å². The van der Waals surface area contributed by atoms with Crippen LogP contribution in [0.2, 0.25) is 0 Å². The number of rotatable bonds is 6. The second kappa shape index (κ2) is 6.14. The fraction of sp³-hybridized carbons (Fsp3) is 0.500. The molecule has 0 spiro atoms. The van der Waals surface area contributed by atoms with Gasteiger partial charge in [0.25, 0.3) is 10.2 Å². The molecule has 0 amide bonds. The summed E-state index contributed by atoms with van der Waals surface area (Å²) in [5.41, 5.74) is 0.976. The highest BCUT2D eigenvalue weighted by Crippen LogP contribution is 2.06. The third-order valence-electron chi connectivity index (χ3n) is 2.62. The minimum Gasteiger partial charge on any atom is -0.199 e. The minimum absolute atomic E-state index is 0.0433. The van der Waals surface area contributed by atoms with Crippen LogP contribution in [-0.4, -0.2) is 25.8 Å². The van der Waals surface area contributed by atoms with Crippen LogP contribution in [0.1, 0.15) is 25.8 Å². The van der Waals surface area contributed by atoms with Crippen molar-refractivity contribution in [2.24, 2.45) is 0 Å². The molecule has 0 saturated heterocycles. The van der Waals surface area contributed by atoms with Crippen molar-refractivity contribution in [3.63, 3.8) is 0 Å². The van der Waals surface area contributed by atoms with Crippen LogP contribution in [-0.2, 0) is 16.8 Å². The monoisotopic (exact) mass is 256 g/mol. The molecule has 0 radical (unpaired) electrons. The Morgan fingerprint density at radius 2 is 1.88 bits per heavy atom. The molecule has 1 unspecified atom stereocenters. The van der Waals surface area contributed by atoms with Gasteiger partial charge in [-0.15, -0.1) is 0 Å². The third kappa shape index (κ3) is 4.46. The molecule has 17 heavy (non-hydrogen) atoms. The van der Waals surface area contributed by atoms with Gasteiger partial charge in [-0.05, 0) is 18.9 Å². The average Bonchev–Trinajstić information content (AvgIpc) is 2.29. The van der Waals surface area contributed by atoms with Crippen LogP contribution in [0.25, 0.3) is 0 Å². The van der Waals surface area contributed by atoms with Crippen molar-refractivity contribution < 1.29 is 8.42 Å². The van der Waals surface area contributed by atoms with E-state index in [4.69, 9.17) is 0 Å². The normalized spacial score (nSPS) is 13.9. The van der Waals surface area contributed by atoms with Crippen LogP contribution in [0, 0.1) is 0 Å². The zero-order valence-corrected chi connectivity index (χ0v) is 11.4. The van der Waals surface area contributed by atoms with Crippen molar-refractivity contribution in [3.8, 4) is 0 Å². The lowest BCUT2D eigenvalue weighted by molar-refractivity contribution is 0.444. The predicted octanol–water partition coefficient (Wildman–Crippen LogP) is 1.75. The van der Waals surface area contributed by atoms with E-state index >= 15 is 0 Å². The zero-order chi connectivity index (χ0) is 12.9.